The fourth-order valence-electron chi connectivity index (χ4n) is 2.71. The molecule has 1 atom stereocenters. The first-order chi connectivity index (χ1) is 13.6. The van der Waals surface area contributed by atoms with Gasteiger partial charge >= 0.3 is 0 Å². The molecule has 7 nitrogen and oxygen atoms in total. The molecule has 0 saturated heterocycles. The molecule has 7 heteroatoms. The smallest absolute Gasteiger partial charge is 0.249 e. The first-order valence-corrected chi connectivity index (χ1v) is 8.71. The SMILES string of the molecule is COc1ccc(NC(=O)[C@H](CO)NC(=O)C=Cc2c[nH]c3ccccc23)cc1. The molecule has 2 amide bonds. The lowest BCUT2D eigenvalue weighted by Crippen LogP contribution is -2.45. The van der Waals surface area contributed by atoms with Crippen molar-refractivity contribution in [2.45, 2.75) is 6.04 Å². The molecule has 0 aliphatic heterocycles. The van der Waals surface area contributed by atoms with Gasteiger partial charge in [-0.1, -0.05) is 18.2 Å². The summed E-state index contributed by atoms with van der Waals surface area (Å²) in [7, 11) is 1.55. The average molecular weight is 379 g/mol. The van der Waals surface area contributed by atoms with E-state index in [0.29, 0.717) is 11.4 Å². The number of rotatable bonds is 7. The van der Waals surface area contributed by atoms with Crippen molar-refractivity contribution >= 4 is 34.5 Å². The normalized spacial score (nSPS) is 12.1. The van der Waals surface area contributed by atoms with Crippen molar-refractivity contribution in [2.75, 3.05) is 19.0 Å². The van der Waals surface area contributed by atoms with E-state index in [1.165, 1.54) is 6.08 Å². The minimum atomic E-state index is -1.07. The average Bonchev–Trinajstić information content (AvgIpc) is 3.14. The molecule has 0 unspecified atom stereocenters. The monoisotopic (exact) mass is 379 g/mol. The van der Waals surface area contributed by atoms with Crippen molar-refractivity contribution in [1.82, 2.24) is 10.3 Å². The molecule has 144 valence electrons. The van der Waals surface area contributed by atoms with Crippen LogP contribution in [0.15, 0.2) is 60.8 Å². The van der Waals surface area contributed by atoms with Gasteiger partial charge in [0.25, 0.3) is 0 Å². The number of anilines is 1. The van der Waals surface area contributed by atoms with Crippen molar-refractivity contribution in [2.24, 2.45) is 0 Å². The topological polar surface area (TPSA) is 103 Å². The Balaban J connectivity index is 1.61. The Kier molecular flexibility index (Phi) is 6.08. The summed E-state index contributed by atoms with van der Waals surface area (Å²) in [4.78, 5) is 27.6. The summed E-state index contributed by atoms with van der Waals surface area (Å²) in [5, 5.41) is 15.6. The molecule has 0 aliphatic carbocycles. The van der Waals surface area contributed by atoms with Gasteiger partial charge in [-0.05, 0) is 42.0 Å². The second kappa shape index (κ2) is 8.88. The lowest BCUT2D eigenvalue weighted by molar-refractivity contribution is -0.124. The Hall–Kier alpha value is -3.58. The summed E-state index contributed by atoms with van der Waals surface area (Å²) in [6.07, 6.45) is 4.79. The zero-order valence-electron chi connectivity index (χ0n) is 15.3. The van der Waals surface area contributed by atoms with Crippen LogP contribution in [0.5, 0.6) is 5.75 Å². The number of aliphatic hydroxyl groups is 1. The van der Waals surface area contributed by atoms with E-state index in [4.69, 9.17) is 4.74 Å². The van der Waals surface area contributed by atoms with Crippen LogP contribution in [0.25, 0.3) is 17.0 Å². The van der Waals surface area contributed by atoms with Crippen molar-refractivity contribution in [3.8, 4) is 5.75 Å². The standard InChI is InChI=1S/C21H21N3O4/c1-28-16-9-7-15(8-10-16)23-21(27)19(13-25)24-20(26)11-6-14-12-22-18-5-3-2-4-17(14)18/h2-12,19,22,25H,13H2,1H3,(H,23,27)(H,24,26)/t19-/m0/s1. The van der Waals surface area contributed by atoms with E-state index in [2.05, 4.69) is 15.6 Å². The lowest BCUT2D eigenvalue weighted by atomic mass is 10.1. The lowest BCUT2D eigenvalue weighted by Gasteiger charge is -2.15. The van der Waals surface area contributed by atoms with Gasteiger partial charge in [0.2, 0.25) is 11.8 Å². The van der Waals surface area contributed by atoms with Crippen LogP contribution in [0.2, 0.25) is 0 Å². The largest absolute Gasteiger partial charge is 0.497 e. The molecular formula is C21H21N3O4. The van der Waals surface area contributed by atoms with Crippen LogP contribution in [-0.4, -0.2) is 41.7 Å². The highest BCUT2D eigenvalue weighted by molar-refractivity contribution is 6.01. The molecule has 0 radical (unpaired) electrons. The van der Waals surface area contributed by atoms with Crippen LogP contribution in [0.4, 0.5) is 5.69 Å². The van der Waals surface area contributed by atoms with E-state index in [1.54, 1.807) is 43.6 Å². The number of hydrogen-bond donors (Lipinski definition) is 4. The van der Waals surface area contributed by atoms with E-state index >= 15 is 0 Å². The summed E-state index contributed by atoms with van der Waals surface area (Å²) >= 11 is 0. The summed E-state index contributed by atoms with van der Waals surface area (Å²) in [6.45, 7) is -0.519. The molecule has 2 aromatic carbocycles. The second-order valence-electron chi connectivity index (χ2n) is 6.08. The van der Waals surface area contributed by atoms with Crippen molar-refractivity contribution in [3.05, 3.63) is 66.4 Å². The number of benzene rings is 2. The van der Waals surface area contributed by atoms with Crippen LogP contribution in [0.3, 0.4) is 0 Å². The second-order valence-corrected chi connectivity index (χ2v) is 6.08. The number of aromatic amines is 1. The van der Waals surface area contributed by atoms with Crippen LogP contribution in [0, 0.1) is 0 Å². The number of ether oxygens (including phenoxy) is 1. The Morgan fingerprint density at radius 1 is 1.18 bits per heavy atom. The minimum Gasteiger partial charge on any atom is -0.497 e. The predicted octanol–water partition coefficient (Wildman–Crippen LogP) is 2.31. The van der Waals surface area contributed by atoms with E-state index in [0.717, 1.165) is 16.5 Å². The number of para-hydroxylation sites is 1. The van der Waals surface area contributed by atoms with E-state index in [9.17, 15) is 14.7 Å². The highest BCUT2D eigenvalue weighted by Crippen LogP contribution is 2.18. The maximum absolute atomic E-state index is 12.3. The molecule has 0 fully saturated rings. The number of carbonyl (C=O) groups is 2. The summed E-state index contributed by atoms with van der Waals surface area (Å²) in [6, 6.07) is 13.4. The third kappa shape index (κ3) is 4.57. The molecule has 4 N–H and O–H groups in total. The van der Waals surface area contributed by atoms with Crippen molar-refractivity contribution < 1.29 is 19.4 Å². The van der Waals surface area contributed by atoms with Crippen LogP contribution < -0.4 is 15.4 Å². The van der Waals surface area contributed by atoms with E-state index < -0.39 is 24.5 Å². The number of hydrogen-bond acceptors (Lipinski definition) is 4. The number of amides is 2. The zero-order valence-corrected chi connectivity index (χ0v) is 15.3. The molecule has 1 aromatic heterocycles. The molecule has 3 rings (SSSR count). The quantitative estimate of drug-likeness (QED) is 0.473. The Morgan fingerprint density at radius 2 is 1.93 bits per heavy atom. The number of aromatic nitrogens is 1. The van der Waals surface area contributed by atoms with Gasteiger partial charge in [-0.15, -0.1) is 0 Å². The highest BCUT2D eigenvalue weighted by Gasteiger charge is 2.19. The first kappa shape index (κ1) is 19.2. The van der Waals surface area contributed by atoms with Crippen molar-refractivity contribution in [3.63, 3.8) is 0 Å². The Morgan fingerprint density at radius 3 is 2.64 bits per heavy atom. The van der Waals surface area contributed by atoms with Crippen LogP contribution >= 0.6 is 0 Å². The number of carbonyl (C=O) groups excluding carboxylic acids is 2. The van der Waals surface area contributed by atoms with Gasteiger partial charge in [-0.2, -0.15) is 0 Å². The molecule has 0 saturated carbocycles. The number of methoxy groups -OCH3 is 1. The summed E-state index contributed by atoms with van der Waals surface area (Å²) in [5.41, 5.74) is 2.36. The number of aliphatic hydroxyl groups excluding tert-OH is 1. The summed E-state index contributed by atoms with van der Waals surface area (Å²) in [5.74, 6) is -0.330. The van der Waals surface area contributed by atoms with Crippen LogP contribution in [-0.2, 0) is 9.59 Å². The summed E-state index contributed by atoms with van der Waals surface area (Å²) < 4.78 is 5.06. The van der Waals surface area contributed by atoms with Crippen molar-refractivity contribution in [1.29, 1.82) is 0 Å². The zero-order chi connectivity index (χ0) is 19.9. The van der Waals surface area contributed by atoms with Crippen LogP contribution in [0.1, 0.15) is 5.56 Å². The molecule has 3 aromatic rings. The van der Waals surface area contributed by atoms with Gasteiger partial charge in [0, 0.05) is 28.9 Å². The van der Waals surface area contributed by atoms with Gasteiger partial charge in [-0.3, -0.25) is 9.59 Å². The van der Waals surface area contributed by atoms with E-state index in [1.807, 2.05) is 24.3 Å². The number of H-pyrrole nitrogens is 1. The predicted molar refractivity (Wildman–Crippen MR) is 108 cm³/mol. The molecule has 1 heterocycles. The Bertz CT molecular complexity index is 992. The molecular weight excluding hydrogens is 358 g/mol. The van der Waals surface area contributed by atoms with Gasteiger partial charge in [0.05, 0.1) is 13.7 Å². The maximum atomic E-state index is 12.3. The van der Waals surface area contributed by atoms with Gasteiger partial charge < -0.3 is 25.5 Å². The third-order valence-corrected chi connectivity index (χ3v) is 4.21. The van der Waals surface area contributed by atoms with Gasteiger partial charge in [-0.25, -0.2) is 0 Å². The fourth-order valence-corrected chi connectivity index (χ4v) is 2.71. The molecule has 0 aliphatic rings. The third-order valence-electron chi connectivity index (χ3n) is 4.21. The fraction of sp³-hybridized carbons (Fsp3) is 0.143. The molecule has 0 bridgehead atoms. The minimum absolute atomic E-state index is 0.478. The Labute approximate surface area is 162 Å². The number of nitrogens with one attached hydrogen (secondary N) is 3. The molecule has 0 spiro atoms. The maximum Gasteiger partial charge on any atom is 0.249 e. The van der Waals surface area contributed by atoms with Gasteiger partial charge in [0.1, 0.15) is 11.8 Å². The highest BCUT2D eigenvalue weighted by atomic mass is 16.5. The van der Waals surface area contributed by atoms with Gasteiger partial charge in [0.15, 0.2) is 0 Å². The molecule has 28 heavy (non-hydrogen) atoms. The van der Waals surface area contributed by atoms with E-state index in [-0.39, 0.29) is 0 Å². The first-order valence-electron chi connectivity index (χ1n) is 8.71. The number of fused-ring (bicyclic) bond motifs is 1.